The van der Waals surface area contributed by atoms with Crippen LogP contribution in [0.15, 0.2) is 0 Å². The molecule has 0 spiro atoms. The number of nitrogens with zero attached hydrogens (tertiary/aromatic N) is 1. The van der Waals surface area contributed by atoms with E-state index < -0.39 is 11.6 Å². The van der Waals surface area contributed by atoms with Gasteiger partial charge in [0.2, 0.25) is 0 Å². The van der Waals surface area contributed by atoms with Crippen molar-refractivity contribution in [1.29, 1.82) is 0 Å². The van der Waals surface area contributed by atoms with Gasteiger partial charge in [0.15, 0.2) is 5.60 Å². The van der Waals surface area contributed by atoms with E-state index in [1.807, 2.05) is 0 Å². The molecule has 1 amide bonds. The summed E-state index contributed by atoms with van der Waals surface area (Å²) < 4.78 is 9.85. The van der Waals surface area contributed by atoms with Crippen LogP contribution in [0.1, 0.15) is 6.92 Å². The molecule has 84 valence electrons. The van der Waals surface area contributed by atoms with Crippen LogP contribution in [0.5, 0.6) is 0 Å². The van der Waals surface area contributed by atoms with Gasteiger partial charge in [-0.25, -0.2) is 4.79 Å². The van der Waals surface area contributed by atoms with E-state index in [1.54, 1.807) is 23.6 Å². The Hall–Kier alpha value is -0.750. The highest BCUT2D eigenvalue weighted by Gasteiger charge is 2.65. The first-order chi connectivity index (χ1) is 7.06. The number of fused-ring (bicyclic) bond motifs is 1. The van der Waals surface area contributed by atoms with Gasteiger partial charge in [0.25, 0.3) is 5.91 Å². The fourth-order valence-corrected chi connectivity index (χ4v) is 3.56. The molecule has 2 rings (SSSR count). The first kappa shape index (κ1) is 10.8. The quantitative estimate of drug-likeness (QED) is 0.488. The Balaban J connectivity index is 2.16. The van der Waals surface area contributed by atoms with Crippen molar-refractivity contribution >= 4 is 23.6 Å². The second-order valence-corrected chi connectivity index (χ2v) is 4.86. The molecule has 2 aliphatic rings. The van der Waals surface area contributed by atoms with Crippen LogP contribution in [0.3, 0.4) is 0 Å². The number of rotatable bonds is 2. The predicted octanol–water partition coefficient (Wildman–Crippen LogP) is -0.152. The van der Waals surface area contributed by atoms with Gasteiger partial charge in [0, 0.05) is 12.9 Å². The maximum atomic E-state index is 11.8. The van der Waals surface area contributed by atoms with Crippen molar-refractivity contribution in [1.82, 2.24) is 4.90 Å². The molecule has 3 atom stereocenters. The number of carbonyl (C=O) groups is 2. The summed E-state index contributed by atoms with van der Waals surface area (Å²) in [6.07, 6.45) is 0. The Morgan fingerprint density at radius 2 is 2.27 bits per heavy atom. The Kier molecular flexibility index (Phi) is 2.42. The zero-order valence-electron chi connectivity index (χ0n) is 8.85. The SMILES string of the molecule is COC(=O)[C@H]1CS[C@@H]2N1C(=O)[C@]2(C)OC. The van der Waals surface area contributed by atoms with E-state index in [4.69, 9.17) is 4.74 Å². The smallest absolute Gasteiger partial charge is 0.329 e. The van der Waals surface area contributed by atoms with Gasteiger partial charge >= 0.3 is 5.97 Å². The van der Waals surface area contributed by atoms with Gasteiger partial charge in [-0.05, 0) is 6.92 Å². The van der Waals surface area contributed by atoms with Crippen molar-refractivity contribution in [3.05, 3.63) is 0 Å². The summed E-state index contributed by atoms with van der Waals surface area (Å²) in [4.78, 5) is 24.7. The number of hydrogen-bond donors (Lipinski definition) is 0. The van der Waals surface area contributed by atoms with Crippen LogP contribution in [-0.2, 0) is 19.1 Å². The van der Waals surface area contributed by atoms with Crippen molar-refractivity contribution in [2.24, 2.45) is 0 Å². The summed E-state index contributed by atoms with van der Waals surface area (Å²) in [6, 6.07) is -0.444. The fraction of sp³-hybridized carbons (Fsp3) is 0.778. The highest BCUT2D eigenvalue weighted by Crippen LogP contribution is 2.47. The van der Waals surface area contributed by atoms with Gasteiger partial charge in [-0.1, -0.05) is 0 Å². The topological polar surface area (TPSA) is 55.8 Å². The monoisotopic (exact) mass is 231 g/mol. The molecule has 0 unspecified atom stereocenters. The molecule has 5 nitrogen and oxygen atoms in total. The Bertz CT molecular complexity index is 321. The third-order valence-electron chi connectivity index (χ3n) is 3.03. The number of β-lactam (4-membered cyclic amide) rings is 1. The van der Waals surface area contributed by atoms with E-state index in [1.165, 1.54) is 14.2 Å². The van der Waals surface area contributed by atoms with E-state index >= 15 is 0 Å². The largest absolute Gasteiger partial charge is 0.467 e. The maximum Gasteiger partial charge on any atom is 0.329 e. The lowest BCUT2D eigenvalue weighted by Gasteiger charge is -2.50. The van der Waals surface area contributed by atoms with Crippen LogP contribution in [-0.4, -0.2) is 53.8 Å². The molecular formula is C9H13NO4S. The fourth-order valence-electron chi connectivity index (χ4n) is 1.98. The first-order valence-corrected chi connectivity index (χ1v) is 5.68. The molecule has 2 aliphatic heterocycles. The summed E-state index contributed by atoms with van der Waals surface area (Å²) in [5.41, 5.74) is -0.770. The van der Waals surface area contributed by atoms with Crippen LogP contribution < -0.4 is 0 Å². The van der Waals surface area contributed by atoms with Crippen LogP contribution in [0.4, 0.5) is 0 Å². The summed E-state index contributed by atoms with van der Waals surface area (Å²) in [6.45, 7) is 1.75. The number of esters is 1. The standard InChI is InChI=1S/C9H13NO4S/c1-9(14-3)7(12)10-5(6(11)13-2)4-15-8(9)10/h5,8H,4H2,1-3H3/t5-,8+,9+/m1/s1. The van der Waals surface area contributed by atoms with Crippen molar-refractivity contribution in [3.63, 3.8) is 0 Å². The van der Waals surface area contributed by atoms with E-state index in [2.05, 4.69) is 4.74 Å². The summed E-state index contributed by atoms with van der Waals surface area (Å²) in [5.74, 6) is 0.106. The van der Waals surface area contributed by atoms with Crippen molar-refractivity contribution in [2.75, 3.05) is 20.0 Å². The number of ether oxygens (including phenoxy) is 2. The second-order valence-electron chi connectivity index (χ2n) is 3.75. The Labute approximate surface area is 92.1 Å². The van der Waals surface area contributed by atoms with Crippen LogP contribution >= 0.6 is 11.8 Å². The van der Waals surface area contributed by atoms with Gasteiger partial charge < -0.3 is 14.4 Å². The minimum Gasteiger partial charge on any atom is -0.467 e. The third kappa shape index (κ3) is 1.21. The van der Waals surface area contributed by atoms with Gasteiger partial charge in [-0.15, -0.1) is 11.8 Å². The first-order valence-electron chi connectivity index (χ1n) is 4.63. The molecule has 0 aliphatic carbocycles. The van der Waals surface area contributed by atoms with Crippen LogP contribution in [0.25, 0.3) is 0 Å². The van der Waals surface area contributed by atoms with E-state index in [-0.39, 0.29) is 17.3 Å². The molecule has 2 saturated heterocycles. The van der Waals surface area contributed by atoms with E-state index in [0.29, 0.717) is 5.75 Å². The lowest BCUT2D eigenvalue weighted by Crippen LogP contribution is -2.72. The minimum atomic E-state index is -0.770. The number of thioether (sulfide) groups is 1. The molecule has 2 heterocycles. The van der Waals surface area contributed by atoms with Crippen molar-refractivity contribution < 1.29 is 19.1 Å². The lowest BCUT2D eigenvalue weighted by molar-refractivity contribution is -0.188. The number of carbonyl (C=O) groups excluding carboxylic acids is 2. The Morgan fingerprint density at radius 3 is 2.80 bits per heavy atom. The average Bonchev–Trinajstić information content (AvgIpc) is 2.68. The molecule has 0 N–H and O–H groups in total. The highest BCUT2D eigenvalue weighted by atomic mass is 32.2. The molecular weight excluding hydrogens is 218 g/mol. The molecule has 0 aromatic carbocycles. The molecule has 15 heavy (non-hydrogen) atoms. The zero-order valence-corrected chi connectivity index (χ0v) is 9.67. The number of hydrogen-bond acceptors (Lipinski definition) is 5. The molecule has 0 saturated carbocycles. The molecule has 6 heteroatoms. The number of amides is 1. The van der Waals surface area contributed by atoms with Gasteiger partial charge in [0.1, 0.15) is 11.4 Å². The highest BCUT2D eigenvalue weighted by molar-refractivity contribution is 8.00. The summed E-state index contributed by atoms with van der Waals surface area (Å²) >= 11 is 1.56. The van der Waals surface area contributed by atoms with Gasteiger partial charge in [-0.2, -0.15) is 0 Å². The third-order valence-corrected chi connectivity index (χ3v) is 4.53. The maximum absolute atomic E-state index is 11.8. The second kappa shape index (κ2) is 3.38. The number of methoxy groups -OCH3 is 2. The average molecular weight is 231 g/mol. The molecule has 0 aromatic rings. The lowest BCUT2D eigenvalue weighted by atomic mass is 9.92. The molecule has 0 radical (unpaired) electrons. The van der Waals surface area contributed by atoms with Gasteiger partial charge in [0.05, 0.1) is 7.11 Å². The zero-order chi connectivity index (χ0) is 11.2. The minimum absolute atomic E-state index is 0.0564. The van der Waals surface area contributed by atoms with E-state index in [9.17, 15) is 9.59 Å². The van der Waals surface area contributed by atoms with Crippen molar-refractivity contribution in [2.45, 2.75) is 23.9 Å². The van der Waals surface area contributed by atoms with Crippen LogP contribution in [0, 0.1) is 0 Å². The molecule has 0 bridgehead atoms. The summed E-state index contributed by atoms with van der Waals surface area (Å²) in [5, 5.41) is -0.0564. The Morgan fingerprint density at radius 1 is 1.60 bits per heavy atom. The van der Waals surface area contributed by atoms with Gasteiger partial charge in [-0.3, -0.25) is 4.79 Å². The molecule has 2 fully saturated rings. The summed E-state index contributed by atoms with van der Waals surface area (Å²) in [7, 11) is 2.85. The van der Waals surface area contributed by atoms with E-state index in [0.717, 1.165) is 0 Å². The normalized spacial score (nSPS) is 38.6. The predicted molar refractivity (Wildman–Crippen MR) is 54.3 cm³/mol. The van der Waals surface area contributed by atoms with Crippen LogP contribution in [0.2, 0.25) is 0 Å². The molecule has 0 aromatic heterocycles. The van der Waals surface area contributed by atoms with Crippen molar-refractivity contribution in [3.8, 4) is 0 Å².